The van der Waals surface area contributed by atoms with Crippen molar-refractivity contribution in [3.63, 3.8) is 0 Å². The summed E-state index contributed by atoms with van der Waals surface area (Å²) in [6.07, 6.45) is 2.81. The minimum atomic E-state index is -0.510. The molecule has 1 atom stereocenters. The van der Waals surface area contributed by atoms with Crippen LogP contribution in [0.1, 0.15) is 33.3 Å². The number of hydrogen-bond acceptors (Lipinski definition) is 3. The number of ketones is 1. The first-order valence-corrected chi connectivity index (χ1v) is 7.09. The first kappa shape index (κ1) is 17.0. The maximum absolute atomic E-state index is 12.3. The molecule has 1 aromatic carbocycles. The topological polar surface area (TPSA) is 46.6 Å². The highest BCUT2D eigenvalue weighted by molar-refractivity contribution is 5.86. The van der Waals surface area contributed by atoms with E-state index < -0.39 is 12.1 Å². The number of nitrogens with zero attached hydrogens (tertiary/aromatic N) is 1. The van der Waals surface area contributed by atoms with Gasteiger partial charge in [0.05, 0.1) is 0 Å². The quantitative estimate of drug-likeness (QED) is 0.800. The third-order valence-corrected chi connectivity index (χ3v) is 3.07. The molecule has 0 heterocycles. The fourth-order valence-corrected chi connectivity index (χ4v) is 2.21. The zero-order valence-electron chi connectivity index (χ0n) is 13.1. The summed E-state index contributed by atoms with van der Waals surface area (Å²) in [6.45, 7) is 7.30. The number of Topliss-reactive ketones (excluding diaryl/α,β-unsaturated/α-hetero) is 1. The average Bonchev–Trinajstić information content (AvgIpc) is 2.44. The molecule has 0 aliphatic heterocycles. The van der Waals surface area contributed by atoms with Gasteiger partial charge in [0, 0.05) is 6.20 Å². The van der Waals surface area contributed by atoms with E-state index in [1.807, 2.05) is 44.2 Å². The summed E-state index contributed by atoms with van der Waals surface area (Å²) >= 11 is 0. The van der Waals surface area contributed by atoms with Gasteiger partial charge in [-0.15, -0.1) is 0 Å². The van der Waals surface area contributed by atoms with Gasteiger partial charge < -0.3 is 4.74 Å². The Labute approximate surface area is 126 Å². The Bertz CT molecular complexity index is 494. The van der Waals surface area contributed by atoms with E-state index in [1.54, 1.807) is 19.2 Å². The lowest BCUT2D eigenvalue weighted by Gasteiger charge is -2.29. The summed E-state index contributed by atoms with van der Waals surface area (Å²) in [4.78, 5) is 25.4. The molecule has 0 saturated carbocycles. The van der Waals surface area contributed by atoms with Crippen LogP contribution in [0.15, 0.2) is 42.6 Å². The van der Waals surface area contributed by atoms with E-state index in [0.717, 1.165) is 5.56 Å². The minimum Gasteiger partial charge on any atom is -0.444 e. The molecule has 21 heavy (non-hydrogen) atoms. The highest BCUT2D eigenvalue weighted by atomic mass is 16.6. The third kappa shape index (κ3) is 5.06. The standard InChI is InChI=1S/C17H23NO3/c1-5-11-18(16(13(2)3)14(4)19)17(20)21-12-15-9-7-6-8-10-15/h5-11,13,16H,12H2,1-4H3/b11-5-. The Morgan fingerprint density at radius 3 is 2.33 bits per heavy atom. The van der Waals surface area contributed by atoms with Crippen LogP contribution in [0.5, 0.6) is 0 Å². The van der Waals surface area contributed by atoms with Crippen LogP contribution in [0.3, 0.4) is 0 Å². The molecule has 0 bridgehead atoms. The van der Waals surface area contributed by atoms with Crippen molar-refractivity contribution < 1.29 is 14.3 Å². The van der Waals surface area contributed by atoms with E-state index in [4.69, 9.17) is 4.74 Å². The second-order valence-electron chi connectivity index (χ2n) is 5.23. The zero-order chi connectivity index (χ0) is 15.8. The Balaban J connectivity index is 2.80. The number of hydrogen-bond donors (Lipinski definition) is 0. The number of ether oxygens (including phenoxy) is 1. The van der Waals surface area contributed by atoms with Gasteiger partial charge in [-0.05, 0) is 25.3 Å². The molecule has 0 aliphatic rings. The Kier molecular flexibility index (Phi) is 6.66. The number of rotatable bonds is 6. The second-order valence-corrected chi connectivity index (χ2v) is 5.23. The summed E-state index contributed by atoms with van der Waals surface area (Å²) in [7, 11) is 0. The Morgan fingerprint density at radius 1 is 1.24 bits per heavy atom. The van der Waals surface area contributed by atoms with E-state index in [9.17, 15) is 9.59 Å². The van der Waals surface area contributed by atoms with Crippen LogP contribution in [-0.2, 0) is 16.1 Å². The van der Waals surface area contributed by atoms with Gasteiger partial charge in [0.15, 0.2) is 5.78 Å². The summed E-state index contributed by atoms with van der Waals surface area (Å²) in [5, 5.41) is 0. The predicted molar refractivity (Wildman–Crippen MR) is 82.6 cm³/mol. The molecule has 0 spiro atoms. The SMILES string of the molecule is C/C=C\N(C(=O)OCc1ccccc1)C(C(C)=O)C(C)C. The van der Waals surface area contributed by atoms with Crippen LogP contribution in [0.4, 0.5) is 4.79 Å². The number of allylic oxidation sites excluding steroid dienone is 1. The van der Waals surface area contributed by atoms with Crippen molar-refractivity contribution in [2.24, 2.45) is 5.92 Å². The van der Waals surface area contributed by atoms with Crippen molar-refractivity contribution >= 4 is 11.9 Å². The molecule has 0 fully saturated rings. The normalized spacial score (nSPS) is 12.4. The molecule has 1 amide bonds. The van der Waals surface area contributed by atoms with Crippen molar-refractivity contribution in [3.05, 3.63) is 48.2 Å². The largest absolute Gasteiger partial charge is 0.444 e. The lowest BCUT2D eigenvalue weighted by atomic mass is 9.99. The second kappa shape index (κ2) is 8.25. The van der Waals surface area contributed by atoms with Crippen molar-refractivity contribution in [2.75, 3.05) is 0 Å². The number of benzene rings is 1. The highest BCUT2D eigenvalue weighted by Gasteiger charge is 2.29. The van der Waals surface area contributed by atoms with Crippen LogP contribution in [0, 0.1) is 5.92 Å². The first-order chi connectivity index (χ1) is 9.97. The van der Waals surface area contributed by atoms with E-state index in [-0.39, 0.29) is 18.3 Å². The summed E-state index contributed by atoms with van der Waals surface area (Å²) in [5.41, 5.74) is 0.912. The van der Waals surface area contributed by atoms with Gasteiger partial charge in [0.25, 0.3) is 0 Å². The molecule has 1 unspecified atom stereocenters. The van der Waals surface area contributed by atoms with Gasteiger partial charge in [-0.3, -0.25) is 9.69 Å². The highest BCUT2D eigenvalue weighted by Crippen LogP contribution is 2.15. The zero-order valence-corrected chi connectivity index (χ0v) is 13.1. The van der Waals surface area contributed by atoms with Gasteiger partial charge in [0.2, 0.25) is 0 Å². The van der Waals surface area contributed by atoms with E-state index in [2.05, 4.69) is 0 Å². The van der Waals surface area contributed by atoms with Gasteiger partial charge >= 0.3 is 6.09 Å². The monoisotopic (exact) mass is 289 g/mol. The average molecular weight is 289 g/mol. The molecule has 4 heteroatoms. The van der Waals surface area contributed by atoms with Crippen molar-refractivity contribution in [1.29, 1.82) is 0 Å². The molecule has 1 rings (SSSR count). The first-order valence-electron chi connectivity index (χ1n) is 7.09. The van der Waals surface area contributed by atoms with Crippen molar-refractivity contribution in [2.45, 2.75) is 40.3 Å². The fraction of sp³-hybridized carbons (Fsp3) is 0.412. The number of carbonyl (C=O) groups is 2. The molecule has 0 aliphatic carbocycles. The Morgan fingerprint density at radius 2 is 1.86 bits per heavy atom. The lowest BCUT2D eigenvalue weighted by molar-refractivity contribution is -0.122. The van der Waals surface area contributed by atoms with E-state index in [1.165, 1.54) is 11.8 Å². The van der Waals surface area contributed by atoms with Crippen molar-refractivity contribution in [1.82, 2.24) is 4.90 Å². The fourth-order valence-electron chi connectivity index (χ4n) is 2.21. The van der Waals surface area contributed by atoms with Gasteiger partial charge in [-0.25, -0.2) is 4.79 Å². The smallest absolute Gasteiger partial charge is 0.414 e. The van der Waals surface area contributed by atoms with Gasteiger partial charge in [-0.2, -0.15) is 0 Å². The summed E-state index contributed by atoms with van der Waals surface area (Å²) in [6, 6.07) is 8.95. The molecular formula is C17H23NO3. The van der Waals surface area contributed by atoms with Crippen LogP contribution >= 0.6 is 0 Å². The van der Waals surface area contributed by atoms with Crippen LogP contribution in [0.2, 0.25) is 0 Å². The molecule has 114 valence electrons. The Hall–Kier alpha value is -2.10. The molecule has 0 saturated heterocycles. The maximum atomic E-state index is 12.3. The lowest BCUT2D eigenvalue weighted by Crippen LogP contribution is -2.44. The molecule has 0 aromatic heterocycles. The molecule has 0 N–H and O–H groups in total. The van der Waals surface area contributed by atoms with Crippen LogP contribution in [-0.4, -0.2) is 22.8 Å². The van der Waals surface area contributed by atoms with Crippen LogP contribution in [0.25, 0.3) is 0 Å². The molecule has 0 radical (unpaired) electrons. The van der Waals surface area contributed by atoms with Crippen LogP contribution < -0.4 is 0 Å². The predicted octanol–water partition coefficient (Wildman–Crippen LogP) is 3.77. The summed E-state index contributed by atoms with van der Waals surface area (Å²) < 4.78 is 5.31. The number of amides is 1. The summed E-state index contributed by atoms with van der Waals surface area (Å²) in [5.74, 6) is -0.0391. The molecule has 1 aromatic rings. The van der Waals surface area contributed by atoms with Gasteiger partial charge in [0.1, 0.15) is 12.6 Å². The van der Waals surface area contributed by atoms with Crippen molar-refractivity contribution in [3.8, 4) is 0 Å². The van der Waals surface area contributed by atoms with Gasteiger partial charge in [-0.1, -0.05) is 50.3 Å². The minimum absolute atomic E-state index is 0.0166. The van der Waals surface area contributed by atoms with E-state index >= 15 is 0 Å². The maximum Gasteiger partial charge on any atom is 0.414 e. The molecular weight excluding hydrogens is 266 g/mol. The third-order valence-electron chi connectivity index (χ3n) is 3.07. The molecule has 4 nitrogen and oxygen atoms in total. The number of carbonyl (C=O) groups excluding carboxylic acids is 2. The van der Waals surface area contributed by atoms with E-state index in [0.29, 0.717) is 0 Å².